The van der Waals surface area contributed by atoms with Crippen molar-refractivity contribution in [2.24, 2.45) is 0 Å². The van der Waals surface area contributed by atoms with E-state index in [9.17, 15) is 0 Å². The van der Waals surface area contributed by atoms with Gasteiger partial charge in [0.05, 0.1) is 28.8 Å². The summed E-state index contributed by atoms with van der Waals surface area (Å²) in [4.78, 5) is 10.3. The highest BCUT2D eigenvalue weighted by atomic mass is 32.2. The van der Waals surface area contributed by atoms with Crippen LogP contribution in [0.25, 0.3) is 27.5 Å². The lowest BCUT2D eigenvalue weighted by Crippen LogP contribution is -2.35. The Morgan fingerprint density at radius 2 is 1.04 bits per heavy atom. The van der Waals surface area contributed by atoms with Crippen LogP contribution in [-0.2, 0) is 10.8 Å². The molecule has 2 nitrogen and oxygen atoms in total. The predicted molar refractivity (Wildman–Crippen MR) is 237 cm³/mol. The molecular formula is C52H40N2S2. The molecule has 7 aromatic carbocycles. The van der Waals surface area contributed by atoms with Crippen LogP contribution in [0.2, 0.25) is 0 Å². The zero-order valence-electron chi connectivity index (χ0n) is 31.9. The maximum atomic E-state index is 2.61. The molecule has 3 aliphatic carbocycles. The number of para-hydroxylation sites is 4. The van der Waals surface area contributed by atoms with Crippen molar-refractivity contribution in [2.45, 2.75) is 70.6 Å². The molecule has 270 valence electrons. The fourth-order valence-electron chi connectivity index (χ4n) is 10.7. The van der Waals surface area contributed by atoms with E-state index in [1.54, 1.807) is 5.57 Å². The zero-order chi connectivity index (χ0) is 37.5. The summed E-state index contributed by atoms with van der Waals surface area (Å²) in [6, 6.07) is 52.3. The lowest BCUT2D eigenvalue weighted by molar-refractivity contribution is 0.559. The molecule has 0 N–H and O–H groups in total. The molecule has 56 heavy (non-hydrogen) atoms. The van der Waals surface area contributed by atoms with Crippen molar-refractivity contribution >= 4 is 68.3 Å². The van der Waals surface area contributed by atoms with Crippen molar-refractivity contribution in [3.63, 3.8) is 0 Å². The van der Waals surface area contributed by atoms with Gasteiger partial charge >= 0.3 is 0 Å². The molecule has 4 heteroatoms. The fraction of sp³-hybridized carbons (Fsp3) is 0.154. The predicted octanol–water partition coefficient (Wildman–Crippen LogP) is 14.8. The summed E-state index contributed by atoms with van der Waals surface area (Å²) in [5.41, 5.74) is 17.6. The van der Waals surface area contributed by atoms with E-state index >= 15 is 0 Å². The van der Waals surface area contributed by atoms with Crippen LogP contribution in [0.1, 0.15) is 56.4 Å². The number of hydrogen-bond acceptors (Lipinski definition) is 4. The van der Waals surface area contributed by atoms with E-state index in [2.05, 4.69) is 189 Å². The molecule has 0 aromatic heterocycles. The third kappa shape index (κ3) is 4.32. The summed E-state index contributed by atoms with van der Waals surface area (Å²) in [5.74, 6) is 0. The molecule has 0 saturated heterocycles. The Morgan fingerprint density at radius 1 is 0.536 bits per heavy atom. The number of anilines is 5. The van der Waals surface area contributed by atoms with Gasteiger partial charge in [-0.25, -0.2) is 0 Å². The molecule has 0 amide bonds. The summed E-state index contributed by atoms with van der Waals surface area (Å²) in [6.45, 7) is 9.99. The largest absolute Gasteiger partial charge is 0.332 e. The van der Waals surface area contributed by atoms with Crippen LogP contribution in [0.15, 0.2) is 177 Å². The first-order chi connectivity index (χ1) is 27.3. The van der Waals surface area contributed by atoms with Crippen LogP contribution in [-0.4, -0.2) is 6.04 Å². The maximum absolute atomic E-state index is 2.61. The molecule has 0 fully saturated rings. The van der Waals surface area contributed by atoms with Crippen LogP contribution in [0.5, 0.6) is 0 Å². The van der Waals surface area contributed by atoms with Gasteiger partial charge in [0, 0.05) is 36.1 Å². The second-order valence-electron chi connectivity index (χ2n) is 16.8. The first-order valence-corrected chi connectivity index (χ1v) is 21.4. The number of fused-ring (bicyclic) bond motifs is 13. The van der Waals surface area contributed by atoms with E-state index < -0.39 is 0 Å². The number of allylic oxidation sites excluding steroid dienone is 2. The van der Waals surface area contributed by atoms with Crippen LogP contribution >= 0.6 is 23.5 Å². The van der Waals surface area contributed by atoms with E-state index in [0.717, 1.165) is 6.42 Å². The van der Waals surface area contributed by atoms with Gasteiger partial charge in [0.15, 0.2) is 0 Å². The van der Waals surface area contributed by atoms with Crippen molar-refractivity contribution in [2.75, 3.05) is 9.80 Å². The first kappa shape index (κ1) is 32.8. The Labute approximate surface area is 337 Å². The fourth-order valence-corrected chi connectivity index (χ4v) is 12.8. The number of benzene rings is 7. The third-order valence-electron chi connectivity index (χ3n) is 13.2. The highest BCUT2D eigenvalue weighted by molar-refractivity contribution is 8.00. The Hall–Kier alpha value is -5.42. The van der Waals surface area contributed by atoms with Crippen LogP contribution in [0, 0.1) is 0 Å². The molecule has 2 heterocycles. The SMILES string of the molecule is CC1(C)C2=C(C=CC(N3c4ccccc4Sc4ccccc43)C2)c2c1c1c(c3ccccc23)-c2ccc(N3c4ccccc4Sc4ccccc43)cc2C1(C)C. The van der Waals surface area contributed by atoms with Gasteiger partial charge in [-0.3, -0.25) is 0 Å². The standard InChI is InChI=1S/C52H40N2S2/c1-51(2)37-29-31(53-39-17-7-11-21-43(39)55-44-22-12-8-18-40(44)53)25-27-35(37)47-33-15-5-6-16-34(33)48-36-28-26-32(30-38(36)52(3,4)50(48)49(47)51)54-41-19-9-13-23-45(41)56-46-24-14-10-20-42(46)54/h5-29,32H,30H2,1-4H3. The minimum Gasteiger partial charge on any atom is -0.332 e. The van der Waals surface area contributed by atoms with Crippen LogP contribution < -0.4 is 9.80 Å². The van der Waals surface area contributed by atoms with Gasteiger partial charge in [-0.1, -0.05) is 142 Å². The molecule has 0 bridgehead atoms. The van der Waals surface area contributed by atoms with Gasteiger partial charge in [-0.2, -0.15) is 0 Å². The highest BCUT2D eigenvalue weighted by Crippen LogP contribution is 2.63. The second kappa shape index (κ2) is 11.6. The Bertz CT molecular complexity index is 2840. The molecule has 1 unspecified atom stereocenters. The smallest absolute Gasteiger partial charge is 0.0601 e. The molecule has 0 saturated carbocycles. The summed E-state index contributed by atoms with van der Waals surface area (Å²) < 4.78 is 0. The molecule has 5 aliphatic rings. The number of hydrogen-bond donors (Lipinski definition) is 0. The average Bonchev–Trinajstić information content (AvgIpc) is 3.60. The molecule has 2 aliphatic heterocycles. The van der Waals surface area contributed by atoms with Crippen LogP contribution in [0.4, 0.5) is 28.4 Å². The Morgan fingerprint density at radius 3 is 1.64 bits per heavy atom. The van der Waals surface area contributed by atoms with E-state index in [1.807, 2.05) is 23.5 Å². The van der Waals surface area contributed by atoms with E-state index in [4.69, 9.17) is 0 Å². The third-order valence-corrected chi connectivity index (χ3v) is 15.4. The van der Waals surface area contributed by atoms with Crippen LogP contribution in [0.3, 0.4) is 0 Å². The first-order valence-electron chi connectivity index (χ1n) is 19.8. The van der Waals surface area contributed by atoms with E-state index in [-0.39, 0.29) is 16.9 Å². The summed E-state index contributed by atoms with van der Waals surface area (Å²) in [7, 11) is 0. The van der Waals surface area contributed by atoms with Crippen molar-refractivity contribution in [3.8, 4) is 11.1 Å². The molecule has 7 aromatic rings. The number of rotatable bonds is 2. The van der Waals surface area contributed by atoms with Gasteiger partial charge in [0.2, 0.25) is 0 Å². The Balaban J connectivity index is 1.02. The molecular weight excluding hydrogens is 717 g/mol. The summed E-state index contributed by atoms with van der Waals surface area (Å²) >= 11 is 3.76. The topological polar surface area (TPSA) is 6.48 Å². The van der Waals surface area contributed by atoms with Gasteiger partial charge in [-0.05, 0) is 122 Å². The average molecular weight is 757 g/mol. The maximum Gasteiger partial charge on any atom is 0.0601 e. The van der Waals surface area contributed by atoms with Gasteiger partial charge in [0.1, 0.15) is 0 Å². The van der Waals surface area contributed by atoms with E-state index in [0.29, 0.717) is 0 Å². The minimum atomic E-state index is -0.213. The van der Waals surface area contributed by atoms with Crippen molar-refractivity contribution in [3.05, 3.63) is 180 Å². The number of nitrogens with zero attached hydrogens (tertiary/aromatic N) is 2. The van der Waals surface area contributed by atoms with E-state index in [1.165, 1.54) is 97.7 Å². The lowest BCUT2D eigenvalue weighted by atomic mass is 9.70. The molecule has 0 radical (unpaired) electrons. The highest BCUT2D eigenvalue weighted by Gasteiger charge is 2.49. The van der Waals surface area contributed by atoms with Crippen molar-refractivity contribution in [1.82, 2.24) is 0 Å². The van der Waals surface area contributed by atoms with Gasteiger partial charge in [-0.15, -0.1) is 0 Å². The quantitative estimate of drug-likeness (QED) is 0.173. The lowest BCUT2D eigenvalue weighted by Gasteiger charge is -2.40. The van der Waals surface area contributed by atoms with Gasteiger partial charge in [0.25, 0.3) is 0 Å². The monoisotopic (exact) mass is 756 g/mol. The summed E-state index contributed by atoms with van der Waals surface area (Å²) in [5, 5.41) is 2.73. The zero-order valence-corrected chi connectivity index (χ0v) is 33.6. The Kier molecular flexibility index (Phi) is 6.77. The van der Waals surface area contributed by atoms with Crippen molar-refractivity contribution in [1.29, 1.82) is 0 Å². The second-order valence-corrected chi connectivity index (χ2v) is 19.0. The summed E-state index contributed by atoms with van der Waals surface area (Å²) in [6.07, 6.45) is 5.96. The molecule has 0 spiro atoms. The minimum absolute atomic E-state index is 0.157. The normalized spacial score (nSPS) is 18.8. The van der Waals surface area contributed by atoms with Crippen molar-refractivity contribution < 1.29 is 0 Å². The molecule has 12 rings (SSSR count). The van der Waals surface area contributed by atoms with Gasteiger partial charge < -0.3 is 9.80 Å². The molecule has 1 atom stereocenters.